The van der Waals surface area contributed by atoms with Crippen molar-refractivity contribution in [2.45, 2.75) is 25.9 Å². The fraction of sp³-hybridized carbons (Fsp3) is 0.250. The van der Waals surface area contributed by atoms with Crippen molar-refractivity contribution in [1.82, 2.24) is 15.2 Å². The number of rotatable bonds is 6. The number of nitrogens with zero attached hydrogens (tertiary/aromatic N) is 2. The van der Waals surface area contributed by atoms with Crippen LogP contribution in [-0.2, 0) is 17.9 Å². The molecule has 4 rings (SSSR count). The Morgan fingerprint density at radius 2 is 2.12 bits per heavy atom. The standard InChI is InChI=1S/C20H19N3O3/c24-19(22-12-15-11-17-18(26-15)7-3-9-21-17)8-4-10-23-13-14-5-1-2-6-16(14)20(23)25/h1-3,5-7,9,11H,4,8,10,12-13H2,(H,22,24). The first-order valence-electron chi connectivity index (χ1n) is 8.68. The number of pyridine rings is 1. The number of carbonyl (C=O) groups excluding carboxylic acids is 2. The molecule has 0 fully saturated rings. The molecule has 2 amide bonds. The average molecular weight is 349 g/mol. The third-order valence-electron chi connectivity index (χ3n) is 4.53. The summed E-state index contributed by atoms with van der Waals surface area (Å²) in [7, 11) is 0. The van der Waals surface area contributed by atoms with Crippen LogP contribution in [0.25, 0.3) is 11.1 Å². The van der Waals surface area contributed by atoms with Crippen molar-refractivity contribution in [3.05, 3.63) is 65.5 Å². The van der Waals surface area contributed by atoms with E-state index in [4.69, 9.17) is 4.42 Å². The van der Waals surface area contributed by atoms with Gasteiger partial charge in [0.1, 0.15) is 11.3 Å². The fourth-order valence-corrected chi connectivity index (χ4v) is 3.21. The molecule has 2 aromatic heterocycles. The highest BCUT2D eigenvalue weighted by molar-refractivity contribution is 5.98. The quantitative estimate of drug-likeness (QED) is 0.742. The lowest BCUT2D eigenvalue weighted by Crippen LogP contribution is -2.27. The molecule has 0 aliphatic carbocycles. The molecule has 1 N–H and O–H groups in total. The second kappa shape index (κ2) is 7.00. The molecule has 3 heterocycles. The third kappa shape index (κ3) is 3.31. The van der Waals surface area contributed by atoms with Gasteiger partial charge in [-0.05, 0) is 30.2 Å². The van der Waals surface area contributed by atoms with Gasteiger partial charge in [-0.25, -0.2) is 0 Å². The molecule has 0 bridgehead atoms. The van der Waals surface area contributed by atoms with Crippen LogP contribution in [0.5, 0.6) is 0 Å². The summed E-state index contributed by atoms with van der Waals surface area (Å²) in [4.78, 5) is 30.3. The smallest absolute Gasteiger partial charge is 0.254 e. The van der Waals surface area contributed by atoms with E-state index >= 15 is 0 Å². The maximum absolute atomic E-state index is 12.3. The number of benzene rings is 1. The number of nitrogens with one attached hydrogen (secondary N) is 1. The Labute approximate surface area is 150 Å². The van der Waals surface area contributed by atoms with Gasteiger partial charge in [-0.15, -0.1) is 0 Å². The maximum Gasteiger partial charge on any atom is 0.254 e. The zero-order valence-electron chi connectivity index (χ0n) is 14.3. The van der Waals surface area contributed by atoms with Crippen LogP contribution in [0.2, 0.25) is 0 Å². The Morgan fingerprint density at radius 3 is 2.96 bits per heavy atom. The molecule has 132 valence electrons. The van der Waals surface area contributed by atoms with Crippen molar-refractivity contribution in [1.29, 1.82) is 0 Å². The van der Waals surface area contributed by atoms with E-state index in [1.807, 2.05) is 42.5 Å². The second-order valence-electron chi connectivity index (χ2n) is 6.36. The van der Waals surface area contributed by atoms with Gasteiger partial charge in [-0.3, -0.25) is 14.6 Å². The zero-order valence-corrected chi connectivity index (χ0v) is 14.3. The van der Waals surface area contributed by atoms with Crippen molar-refractivity contribution in [2.24, 2.45) is 0 Å². The Kier molecular flexibility index (Phi) is 4.39. The minimum Gasteiger partial charge on any atom is -0.457 e. The first-order chi connectivity index (χ1) is 12.7. The van der Waals surface area contributed by atoms with Crippen LogP contribution < -0.4 is 5.32 Å². The molecule has 0 radical (unpaired) electrons. The lowest BCUT2D eigenvalue weighted by atomic mass is 10.1. The van der Waals surface area contributed by atoms with Gasteiger partial charge in [0.15, 0.2) is 5.58 Å². The highest BCUT2D eigenvalue weighted by Gasteiger charge is 2.26. The average Bonchev–Trinajstić information content (AvgIpc) is 3.21. The first kappa shape index (κ1) is 16.3. The van der Waals surface area contributed by atoms with E-state index in [1.165, 1.54) is 0 Å². The van der Waals surface area contributed by atoms with Gasteiger partial charge in [-0.1, -0.05) is 18.2 Å². The van der Waals surface area contributed by atoms with Crippen LogP contribution in [0.15, 0.2) is 53.1 Å². The van der Waals surface area contributed by atoms with E-state index < -0.39 is 0 Å². The van der Waals surface area contributed by atoms with E-state index in [0.717, 1.165) is 16.6 Å². The summed E-state index contributed by atoms with van der Waals surface area (Å²) in [6.07, 6.45) is 2.71. The van der Waals surface area contributed by atoms with E-state index in [-0.39, 0.29) is 11.8 Å². The Hall–Kier alpha value is -3.15. The molecule has 6 nitrogen and oxygen atoms in total. The van der Waals surface area contributed by atoms with Crippen molar-refractivity contribution in [3.8, 4) is 0 Å². The second-order valence-corrected chi connectivity index (χ2v) is 6.36. The molecular weight excluding hydrogens is 330 g/mol. The first-order valence-corrected chi connectivity index (χ1v) is 8.68. The predicted octanol–water partition coefficient (Wildman–Crippen LogP) is 2.88. The molecule has 1 aromatic carbocycles. The summed E-state index contributed by atoms with van der Waals surface area (Å²) in [6, 6.07) is 13.1. The molecule has 0 unspecified atom stereocenters. The Morgan fingerprint density at radius 1 is 1.23 bits per heavy atom. The van der Waals surface area contributed by atoms with Crippen LogP contribution in [0.1, 0.15) is 34.5 Å². The van der Waals surface area contributed by atoms with Crippen LogP contribution >= 0.6 is 0 Å². The van der Waals surface area contributed by atoms with E-state index in [9.17, 15) is 9.59 Å². The minimum atomic E-state index is -0.0532. The highest BCUT2D eigenvalue weighted by atomic mass is 16.3. The van der Waals surface area contributed by atoms with Gasteiger partial charge in [-0.2, -0.15) is 0 Å². The summed E-state index contributed by atoms with van der Waals surface area (Å²) in [6.45, 7) is 1.54. The monoisotopic (exact) mass is 349 g/mol. The van der Waals surface area contributed by atoms with E-state index in [1.54, 1.807) is 11.1 Å². The summed E-state index contributed by atoms with van der Waals surface area (Å²) < 4.78 is 5.62. The normalized spacial score (nSPS) is 13.2. The van der Waals surface area contributed by atoms with Crippen molar-refractivity contribution < 1.29 is 14.0 Å². The number of aromatic nitrogens is 1. The van der Waals surface area contributed by atoms with Gasteiger partial charge in [0.25, 0.3) is 5.91 Å². The van der Waals surface area contributed by atoms with Gasteiger partial charge in [0, 0.05) is 37.3 Å². The number of furan rings is 1. The number of fused-ring (bicyclic) bond motifs is 2. The molecule has 6 heteroatoms. The van der Waals surface area contributed by atoms with Crippen molar-refractivity contribution >= 4 is 22.9 Å². The van der Waals surface area contributed by atoms with Gasteiger partial charge < -0.3 is 14.6 Å². The maximum atomic E-state index is 12.3. The summed E-state index contributed by atoms with van der Waals surface area (Å²) in [5.74, 6) is 0.676. The lowest BCUT2D eigenvalue weighted by Gasteiger charge is -2.15. The number of hydrogen-bond donors (Lipinski definition) is 1. The minimum absolute atomic E-state index is 0.0517. The van der Waals surface area contributed by atoms with E-state index in [2.05, 4.69) is 10.3 Å². The molecule has 1 aliphatic heterocycles. The molecule has 0 saturated carbocycles. The molecule has 1 aliphatic rings. The number of carbonyl (C=O) groups is 2. The van der Waals surface area contributed by atoms with Crippen LogP contribution in [0.4, 0.5) is 0 Å². The summed E-state index contributed by atoms with van der Waals surface area (Å²) in [5, 5.41) is 2.85. The van der Waals surface area contributed by atoms with Crippen LogP contribution in [-0.4, -0.2) is 28.2 Å². The van der Waals surface area contributed by atoms with Crippen LogP contribution in [0, 0.1) is 0 Å². The molecule has 0 atom stereocenters. The predicted molar refractivity (Wildman–Crippen MR) is 96.3 cm³/mol. The molecule has 3 aromatic rings. The zero-order chi connectivity index (χ0) is 17.9. The highest BCUT2D eigenvalue weighted by Crippen LogP contribution is 2.22. The number of amides is 2. The Bertz CT molecular complexity index is 931. The Balaban J connectivity index is 1.23. The van der Waals surface area contributed by atoms with Gasteiger partial charge in [0.2, 0.25) is 5.91 Å². The SMILES string of the molecule is O=C(CCCN1Cc2ccccc2C1=O)NCc1cc2ncccc2o1. The largest absolute Gasteiger partial charge is 0.457 e. The van der Waals surface area contributed by atoms with Gasteiger partial charge in [0.05, 0.1) is 6.54 Å². The fourth-order valence-electron chi connectivity index (χ4n) is 3.21. The third-order valence-corrected chi connectivity index (χ3v) is 4.53. The van der Waals surface area contributed by atoms with Crippen molar-refractivity contribution in [3.63, 3.8) is 0 Å². The van der Waals surface area contributed by atoms with Crippen molar-refractivity contribution in [2.75, 3.05) is 6.54 Å². The molecule has 0 spiro atoms. The molecular formula is C20H19N3O3. The summed E-state index contributed by atoms with van der Waals surface area (Å²) >= 11 is 0. The molecule has 0 saturated heterocycles. The van der Waals surface area contributed by atoms with Gasteiger partial charge >= 0.3 is 0 Å². The van der Waals surface area contributed by atoms with E-state index in [0.29, 0.717) is 43.8 Å². The van der Waals surface area contributed by atoms with Crippen LogP contribution in [0.3, 0.4) is 0 Å². The topological polar surface area (TPSA) is 75.4 Å². The molecule has 26 heavy (non-hydrogen) atoms. The lowest BCUT2D eigenvalue weighted by molar-refractivity contribution is -0.121. The number of hydrogen-bond acceptors (Lipinski definition) is 4. The summed E-state index contributed by atoms with van der Waals surface area (Å²) in [5.41, 5.74) is 3.32.